The Morgan fingerprint density at radius 2 is 1.88 bits per heavy atom. The molecule has 4 heterocycles. The van der Waals surface area contributed by atoms with Gasteiger partial charge in [0, 0.05) is 75.2 Å². The van der Waals surface area contributed by atoms with Crippen LogP contribution in [-0.2, 0) is 0 Å². The lowest BCUT2D eigenvalue weighted by molar-refractivity contribution is 0.0285. The van der Waals surface area contributed by atoms with E-state index >= 15 is 0 Å². The number of para-hydroxylation sites is 1. The van der Waals surface area contributed by atoms with Gasteiger partial charge in [-0.15, -0.1) is 0 Å². The third kappa shape index (κ3) is 3.86. The first-order valence-corrected chi connectivity index (χ1v) is 11.8. The van der Waals surface area contributed by atoms with Crippen LogP contribution in [0.3, 0.4) is 0 Å². The van der Waals surface area contributed by atoms with E-state index in [0.29, 0.717) is 31.5 Å². The van der Waals surface area contributed by atoms with Gasteiger partial charge < -0.3 is 20.3 Å². The number of nitrogens with zero attached hydrogens (tertiary/aromatic N) is 4. The highest BCUT2D eigenvalue weighted by Gasteiger charge is 2.46. The molecule has 3 aliphatic heterocycles. The number of amides is 1. The summed E-state index contributed by atoms with van der Waals surface area (Å²) >= 11 is 0. The number of hydrogen-bond donors (Lipinski definition) is 1. The summed E-state index contributed by atoms with van der Waals surface area (Å²) in [5.41, 5.74) is 8.97. The molecule has 0 bridgehead atoms. The molecule has 0 aliphatic carbocycles. The summed E-state index contributed by atoms with van der Waals surface area (Å²) in [4.78, 5) is 26.6. The molecule has 2 aromatic rings. The molecule has 0 radical (unpaired) electrons. The SMILES string of the molecule is CN=C1/C(=C\N)C2(CCN(C(=O)c3ccnc(N4CCCCC4)c3)CC2)Oc2ccccc21. The second-order valence-corrected chi connectivity index (χ2v) is 8.99. The third-order valence-electron chi connectivity index (χ3n) is 7.11. The molecular weight excluding hydrogens is 414 g/mol. The van der Waals surface area contributed by atoms with E-state index in [1.807, 2.05) is 41.3 Å². The highest BCUT2D eigenvalue weighted by atomic mass is 16.5. The number of ether oxygens (including phenoxy) is 1. The zero-order chi connectivity index (χ0) is 22.8. The highest BCUT2D eigenvalue weighted by molar-refractivity contribution is 6.16. The maximum atomic E-state index is 13.4. The molecule has 0 unspecified atom stereocenters. The number of fused-ring (bicyclic) bond motifs is 1. The average Bonchev–Trinajstić information content (AvgIpc) is 2.88. The van der Waals surface area contributed by atoms with Crippen LogP contribution < -0.4 is 15.4 Å². The molecule has 0 saturated carbocycles. The molecule has 172 valence electrons. The average molecular weight is 446 g/mol. The first kappa shape index (κ1) is 21.5. The number of nitrogens with two attached hydrogens (primary N) is 1. The molecule has 7 heteroatoms. The maximum Gasteiger partial charge on any atom is 0.254 e. The number of carbonyl (C=O) groups excluding carboxylic acids is 1. The monoisotopic (exact) mass is 445 g/mol. The molecular formula is C26H31N5O2. The standard InChI is InChI=1S/C26H31N5O2/c1-28-24-20-7-3-4-8-22(20)33-26(21(24)18-27)10-15-31(16-11-26)25(32)19-9-12-29-23(17-19)30-13-5-2-6-14-30/h3-4,7-9,12,17-18H,2,5-6,10-11,13-16,27H2,1H3/b21-18+,28-24?. The zero-order valence-corrected chi connectivity index (χ0v) is 19.2. The molecule has 1 spiro atoms. The lowest BCUT2D eigenvalue weighted by Crippen LogP contribution is -2.54. The Morgan fingerprint density at radius 3 is 2.61 bits per heavy atom. The van der Waals surface area contributed by atoms with Crippen molar-refractivity contribution in [2.24, 2.45) is 10.7 Å². The summed E-state index contributed by atoms with van der Waals surface area (Å²) < 4.78 is 6.54. The van der Waals surface area contributed by atoms with Crippen LogP contribution in [0.4, 0.5) is 5.82 Å². The van der Waals surface area contributed by atoms with E-state index in [-0.39, 0.29) is 5.91 Å². The fourth-order valence-electron chi connectivity index (χ4n) is 5.32. The number of aliphatic imine (C=N–C) groups is 1. The molecule has 2 fully saturated rings. The maximum absolute atomic E-state index is 13.4. The van der Waals surface area contributed by atoms with Gasteiger partial charge in [0.1, 0.15) is 17.2 Å². The van der Waals surface area contributed by atoms with E-state index in [9.17, 15) is 4.79 Å². The number of benzene rings is 1. The number of likely N-dealkylation sites (tertiary alicyclic amines) is 1. The number of pyridine rings is 1. The molecule has 1 aromatic carbocycles. The minimum Gasteiger partial charge on any atom is -0.482 e. The summed E-state index contributed by atoms with van der Waals surface area (Å²) in [7, 11) is 1.79. The molecule has 1 aromatic heterocycles. The molecule has 33 heavy (non-hydrogen) atoms. The molecule has 2 N–H and O–H groups in total. The van der Waals surface area contributed by atoms with Gasteiger partial charge in [-0.25, -0.2) is 4.98 Å². The number of anilines is 1. The molecule has 0 atom stereocenters. The Morgan fingerprint density at radius 1 is 1.12 bits per heavy atom. The van der Waals surface area contributed by atoms with Crippen LogP contribution in [0, 0.1) is 0 Å². The topological polar surface area (TPSA) is 84.0 Å². The minimum absolute atomic E-state index is 0.0457. The molecule has 3 aliphatic rings. The first-order valence-electron chi connectivity index (χ1n) is 11.8. The summed E-state index contributed by atoms with van der Waals surface area (Å²) in [5.74, 6) is 1.77. The van der Waals surface area contributed by atoms with Gasteiger partial charge in [0.05, 0.1) is 5.71 Å². The van der Waals surface area contributed by atoms with Crippen molar-refractivity contribution in [3.05, 3.63) is 65.5 Å². The van der Waals surface area contributed by atoms with Crippen LogP contribution >= 0.6 is 0 Å². The number of piperidine rings is 2. The van der Waals surface area contributed by atoms with E-state index in [1.165, 1.54) is 19.3 Å². The van der Waals surface area contributed by atoms with Gasteiger partial charge in [-0.2, -0.15) is 0 Å². The first-order chi connectivity index (χ1) is 16.1. The summed E-state index contributed by atoms with van der Waals surface area (Å²) in [6, 6.07) is 11.7. The zero-order valence-electron chi connectivity index (χ0n) is 19.2. The van der Waals surface area contributed by atoms with E-state index in [4.69, 9.17) is 10.5 Å². The quantitative estimate of drug-likeness (QED) is 0.766. The Labute approximate surface area is 195 Å². The van der Waals surface area contributed by atoms with E-state index < -0.39 is 5.60 Å². The van der Waals surface area contributed by atoms with Crippen molar-refractivity contribution < 1.29 is 9.53 Å². The van der Waals surface area contributed by atoms with Gasteiger partial charge in [0.15, 0.2) is 0 Å². The van der Waals surface area contributed by atoms with Crippen molar-refractivity contribution in [2.45, 2.75) is 37.7 Å². The normalized spacial score (nSPS) is 22.3. The van der Waals surface area contributed by atoms with Gasteiger partial charge in [-0.05, 0) is 43.5 Å². The fourth-order valence-corrected chi connectivity index (χ4v) is 5.32. The second-order valence-electron chi connectivity index (χ2n) is 8.99. The van der Waals surface area contributed by atoms with Crippen LogP contribution in [0.5, 0.6) is 5.75 Å². The second kappa shape index (κ2) is 8.89. The predicted octanol–water partition coefficient (Wildman–Crippen LogP) is 3.40. The van der Waals surface area contributed by atoms with Crippen molar-refractivity contribution in [1.29, 1.82) is 0 Å². The number of hydrogen-bond acceptors (Lipinski definition) is 6. The van der Waals surface area contributed by atoms with Gasteiger partial charge >= 0.3 is 0 Å². The number of aromatic nitrogens is 1. The minimum atomic E-state index is -0.564. The predicted molar refractivity (Wildman–Crippen MR) is 130 cm³/mol. The van der Waals surface area contributed by atoms with E-state index in [1.54, 1.807) is 19.4 Å². The van der Waals surface area contributed by atoms with Crippen LogP contribution in [-0.4, -0.2) is 60.3 Å². The van der Waals surface area contributed by atoms with Gasteiger partial charge in [0.2, 0.25) is 0 Å². The van der Waals surface area contributed by atoms with Crippen molar-refractivity contribution in [2.75, 3.05) is 38.1 Å². The van der Waals surface area contributed by atoms with Crippen LogP contribution in [0.15, 0.2) is 59.4 Å². The number of carbonyl (C=O) groups is 1. The van der Waals surface area contributed by atoms with Gasteiger partial charge in [-0.1, -0.05) is 12.1 Å². The fraction of sp³-hybridized carbons (Fsp3) is 0.423. The Kier molecular flexibility index (Phi) is 5.79. The van der Waals surface area contributed by atoms with Crippen molar-refractivity contribution in [3.63, 3.8) is 0 Å². The van der Waals surface area contributed by atoms with Crippen molar-refractivity contribution in [1.82, 2.24) is 9.88 Å². The molecule has 1 amide bonds. The van der Waals surface area contributed by atoms with Crippen LogP contribution in [0.25, 0.3) is 0 Å². The molecule has 2 saturated heterocycles. The smallest absolute Gasteiger partial charge is 0.254 e. The highest BCUT2D eigenvalue weighted by Crippen LogP contribution is 2.42. The lowest BCUT2D eigenvalue weighted by atomic mass is 9.78. The lowest BCUT2D eigenvalue weighted by Gasteiger charge is -2.46. The Hall–Kier alpha value is -3.35. The summed E-state index contributed by atoms with van der Waals surface area (Å²) in [6.45, 7) is 3.20. The largest absolute Gasteiger partial charge is 0.482 e. The van der Waals surface area contributed by atoms with Crippen molar-refractivity contribution >= 4 is 17.4 Å². The summed E-state index contributed by atoms with van der Waals surface area (Å²) in [5, 5.41) is 0. The number of rotatable bonds is 2. The molecule has 5 rings (SSSR count). The summed E-state index contributed by atoms with van der Waals surface area (Å²) in [6.07, 6.45) is 8.33. The van der Waals surface area contributed by atoms with Gasteiger partial charge in [0.25, 0.3) is 5.91 Å². The van der Waals surface area contributed by atoms with Crippen LogP contribution in [0.2, 0.25) is 0 Å². The van der Waals surface area contributed by atoms with Gasteiger partial charge in [-0.3, -0.25) is 9.79 Å². The van der Waals surface area contributed by atoms with Crippen molar-refractivity contribution in [3.8, 4) is 5.75 Å². The Bertz CT molecular complexity index is 1100. The Balaban J connectivity index is 1.34. The van der Waals surface area contributed by atoms with E-state index in [0.717, 1.165) is 41.5 Å². The van der Waals surface area contributed by atoms with Crippen LogP contribution in [0.1, 0.15) is 48.0 Å². The molecule has 7 nitrogen and oxygen atoms in total. The van der Waals surface area contributed by atoms with E-state index in [2.05, 4.69) is 14.9 Å². The third-order valence-corrected chi connectivity index (χ3v) is 7.11.